The highest BCUT2D eigenvalue weighted by Gasteiger charge is 2.23. The predicted octanol–water partition coefficient (Wildman–Crippen LogP) is 26.4. The van der Waals surface area contributed by atoms with Crippen LogP contribution < -0.4 is 0 Å². The first kappa shape index (κ1) is 98.1. The summed E-state index contributed by atoms with van der Waals surface area (Å²) < 4.78 is 57.4. The van der Waals surface area contributed by atoms with Crippen LogP contribution in [0.3, 0.4) is 0 Å². The standard InChI is InChI=1S/C86H174O12P2/c1-69-29-17-33-73(5)41-25-49-81(13)57-61-93-65-85(67-97-99(87,88)89)95-63-59-83(15)51-27-43-75(7)35-19-31-71(3)39-23-47-79(11)55-56-80(12)48-24-40-72(4)32-20-36-76(8)44-28-52-84(16)60-64-96-86(68-98-100(90,91)92)66-94-62-58-82(14)50-26-42-74(6)34-18-30-70(2)38-22-46-78(10)54-53-77(9)45-21-37-69/h69-86H,17-68H2,1-16H3,(H2,87,88,89)(H2,90,91,92)/t69-,70-,71-,72-,73-,74-,75-,76-,77+,78+,79-,80-,81-,82-,83-,84-,85?,86?/m1/s1. The fourth-order valence-electron chi connectivity index (χ4n) is 15.7. The smallest absolute Gasteiger partial charge is 0.379 e. The SMILES string of the molecule is C[C@@H]1CCC[C@@H](C)CCC[C@H](C)CC[C@@H](C)CCC[C@H](C)CCC[C@@H](C)CCC[C@@H](C)CCOCC(COP(=O)(O)O)OCC[C@H](C)CCC[C@H](C)CCC[C@@H](C)CCC[C@@H](C)CC[C@H](C)CCC[C@H](C)CCC[C@@H](C)CCC[C@@H](C)CCOC(COP(=O)(O)O)COCC[C@H](C)CCC1. The van der Waals surface area contributed by atoms with Crippen LogP contribution >= 0.6 is 15.6 Å². The Morgan fingerprint density at radius 2 is 0.370 bits per heavy atom. The van der Waals surface area contributed by atoms with Crippen LogP contribution in [0.25, 0.3) is 0 Å². The van der Waals surface area contributed by atoms with Gasteiger partial charge in [-0.15, -0.1) is 0 Å². The van der Waals surface area contributed by atoms with Gasteiger partial charge < -0.3 is 38.5 Å². The summed E-state index contributed by atoms with van der Waals surface area (Å²) in [6.45, 7) is 41.4. The molecule has 0 aromatic heterocycles. The third kappa shape index (κ3) is 64.1. The number of rotatable bonds is 6. The molecule has 600 valence electrons. The molecule has 100 heavy (non-hydrogen) atoms. The van der Waals surface area contributed by atoms with Crippen LogP contribution in [0.4, 0.5) is 0 Å². The second-order valence-electron chi connectivity index (χ2n) is 35.9. The van der Waals surface area contributed by atoms with Gasteiger partial charge in [-0.1, -0.05) is 368 Å². The molecule has 1 saturated heterocycles. The van der Waals surface area contributed by atoms with Crippen LogP contribution in [-0.2, 0) is 37.1 Å². The molecule has 4 N–H and O–H groups in total. The normalized spacial score (nSPS) is 34.5. The van der Waals surface area contributed by atoms with Crippen LogP contribution in [0, 0.1) is 94.7 Å². The molecular formula is C86H174O12P2. The Labute approximate surface area is 622 Å². The molecule has 0 bridgehead atoms. The van der Waals surface area contributed by atoms with Gasteiger partial charge in [0, 0.05) is 26.4 Å². The van der Waals surface area contributed by atoms with Crippen molar-refractivity contribution in [3.8, 4) is 0 Å². The van der Waals surface area contributed by atoms with E-state index in [2.05, 4.69) is 111 Å². The second kappa shape index (κ2) is 61.9. The van der Waals surface area contributed by atoms with Gasteiger partial charge in [-0.3, -0.25) is 9.05 Å². The maximum Gasteiger partial charge on any atom is 0.469 e. The molecule has 1 rings (SSSR count). The van der Waals surface area contributed by atoms with Gasteiger partial charge in [0.25, 0.3) is 0 Å². The van der Waals surface area contributed by atoms with Gasteiger partial charge in [0.15, 0.2) is 0 Å². The molecule has 14 heteroatoms. The van der Waals surface area contributed by atoms with Gasteiger partial charge in [0.2, 0.25) is 0 Å². The molecule has 12 nitrogen and oxygen atoms in total. The lowest BCUT2D eigenvalue weighted by atomic mass is 9.88. The molecule has 0 spiro atoms. The average molecular weight is 1460 g/mol. The minimum atomic E-state index is -4.60. The molecule has 1 aliphatic rings. The molecule has 0 amide bonds. The van der Waals surface area contributed by atoms with E-state index >= 15 is 0 Å². The van der Waals surface area contributed by atoms with E-state index in [-0.39, 0.29) is 26.4 Å². The molecule has 0 aromatic rings. The summed E-state index contributed by atoms with van der Waals surface area (Å²) in [5.74, 6) is 11.7. The summed E-state index contributed by atoms with van der Waals surface area (Å²) in [5.41, 5.74) is 0. The van der Waals surface area contributed by atoms with E-state index in [1.807, 2.05) is 0 Å². The Hall–Kier alpha value is 0.0600. The molecule has 1 heterocycles. The lowest BCUT2D eigenvalue weighted by Crippen LogP contribution is -2.26. The number of ether oxygens (including phenoxy) is 4. The zero-order valence-electron chi connectivity index (χ0n) is 69.1. The van der Waals surface area contributed by atoms with E-state index in [9.17, 15) is 28.7 Å². The van der Waals surface area contributed by atoms with Crippen molar-refractivity contribution in [3.05, 3.63) is 0 Å². The Morgan fingerprint density at radius 1 is 0.230 bits per heavy atom. The Morgan fingerprint density at radius 3 is 0.530 bits per heavy atom. The van der Waals surface area contributed by atoms with Crippen molar-refractivity contribution in [1.82, 2.24) is 0 Å². The maximum atomic E-state index is 11.6. The van der Waals surface area contributed by atoms with Crippen LogP contribution in [0.1, 0.15) is 393 Å². The molecule has 0 radical (unpaired) electrons. The van der Waals surface area contributed by atoms with Crippen LogP contribution in [0.15, 0.2) is 0 Å². The van der Waals surface area contributed by atoms with E-state index in [0.717, 1.165) is 96.7 Å². The van der Waals surface area contributed by atoms with E-state index in [1.54, 1.807) is 0 Å². The molecule has 1 fully saturated rings. The van der Waals surface area contributed by atoms with Gasteiger partial charge in [0.05, 0.1) is 26.4 Å². The van der Waals surface area contributed by atoms with Crippen molar-refractivity contribution < 1.29 is 56.7 Å². The second-order valence-corrected chi connectivity index (χ2v) is 38.3. The molecule has 0 aromatic carbocycles. The van der Waals surface area contributed by atoms with Crippen molar-refractivity contribution in [2.24, 2.45) is 94.7 Å². The largest absolute Gasteiger partial charge is 0.469 e. The monoisotopic (exact) mass is 1460 g/mol. The lowest BCUT2D eigenvalue weighted by Gasteiger charge is -2.21. The van der Waals surface area contributed by atoms with E-state index < -0.39 is 27.9 Å². The average Bonchev–Trinajstić information content (AvgIpc) is 1.25. The molecule has 18 atom stereocenters. The topological polar surface area (TPSA) is 170 Å². The van der Waals surface area contributed by atoms with Crippen LogP contribution in [0.2, 0.25) is 0 Å². The summed E-state index contributed by atoms with van der Waals surface area (Å²) in [5, 5.41) is 0. The van der Waals surface area contributed by atoms with Crippen molar-refractivity contribution >= 4 is 15.6 Å². The van der Waals surface area contributed by atoms with E-state index in [1.165, 1.54) is 257 Å². The number of hydrogen-bond donors (Lipinski definition) is 4. The number of phosphoric ester groups is 2. The Balaban J connectivity index is 2.66. The van der Waals surface area contributed by atoms with Crippen LogP contribution in [-0.4, -0.2) is 84.6 Å². The molecule has 2 unspecified atom stereocenters. The first-order valence-corrected chi connectivity index (χ1v) is 46.3. The highest BCUT2D eigenvalue weighted by Crippen LogP contribution is 2.38. The fraction of sp³-hybridized carbons (Fsp3) is 1.00. The summed E-state index contributed by atoms with van der Waals surface area (Å²) in [6, 6.07) is 0. The minimum Gasteiger partial charge on any atom is -0.379 e. The first-order valence-electron chi connectivity index (χ1n) is 43.2. The van der Waals surface area contributed by atoms with Gasteiger partial charge in [0.1, 0.15) is 12.2 Å². The summed E-state index contributed by atoms with van der Waals surface area (Å²) >= 11 is 0. The number of hydrogen-bond acceptors (Lipinski definition) is 8. The zero-order valence-corrected chi connectivity index (χ0v) is 70.9. The van der Waals surface area contributed by atoms with Crippen molar-refractivity contribution in [2.45, 2.75) is 406 Å². The Bertz CT molecular complexity index is 1770. The third-order valence-corrected chi connectivity index (χ3v) is 24.9. The van der Waals surface area contributed by atoms with Crippen molar-refractivity contribution in [2.75, 3.05) is 52.9 Å². The highest BCUT2D eigenvalue weighted by molar-refractivity contribution is 7.46. The van der Waals surface area contributed by atoms with E-state index in [4.69, 9.17) is 28.0 Å². The predicted molar refractivity (Wildman–Crippen MR) is 427 cm³/mol. The van der Waals surface area contributed by atoms with Crippen molar-refractivity contribution in [3.63, 3.8) is 0 Å². The summed E-state index contributed by atoms with van der Waals surface area (Å²) in [6.07, 6.45) is 55.5. The highest BCUT2D eigenvalue weighted by atomic mass is 31.2. The zero-order chi connectivity index (χ0) is 74.4. The molecule has 1 aliphatic heterocycles. The number of phosphoric acid groups is 2. The molecule has 0 aliphatic carbocycles. The summed E-state index contributed by atoms with van der Waals surface area (Å²) in [4.78, 5) is 37.8. The van der Waals surface area contributed by atoms with E-state index in [0.29, 0.717) is 50.1 Å². The van der Waals surface area contributed by atoms with Crippen LogP contribution in [0.5, 0.6) is 0 Å². The molecule has 0 saturated carbocycles. The quantitative estimate of drug-likeness (QED) is 0.186. The molecular weight excluding hydrogens is 1290 g/mol. The fourth-order valence-corrected chi connectivity index (χ4v) is 16.5. The Kier molecular flexibility index (Phi) is 60.7. The van der Waals surface area contributed by atoms with Gasteiger partial charge >= 0.3 is 15.6 Å². The minimum absolute atomic E-state index is 0.169. The van der Waals surface area contributed by atoms with Gasteiger partial charge in [-0.2, -0.15) is 0 Å². The van der Waals surface area contributed by atoms with Gasteiger partial charge in [-0.25, -0.2) is 9.13 Å². The summed E-state index contributed by atoms with van der Waals surface area (Å²) in [7, 11) is -9.20. The van der Waals surface area contributed by atoms with Gasteiger partial charge in [-0.05, 0) is 120 Å². The van der Waals surface area contributed by atoms with Crippen molar-refractivity contribution in [1.29, 1.82) is 0 Å². The third-order valence-electron chi connectivity index (χ3n) is 23.9. The lowest BCUT2D eigenvalue weighted by molar-refractivity contribution is -0.0463. The maximum absolute atomic E-state index is 11.6. The first-order chi connectivity index (χ1) is 47.5.